The fraction of sp³-hybridized carbons (Fsp3) is 0.538. The molecule has 1 aromatic rings. The Labute approximate surface area is 116 Å². The van der Waals surface area contributed by atoms with E-state index in [2.05, 4.69) is 5.32 Å². The topological polar surface area (TPSA) is 67.8 Å². The summed E-state index contributed by atoms with van der Waals surface area (Å²) in [5, 5.41) is 12.8. The molecule has 5 nitrogen and oxygen atoms in total. The molecule has 0 aliphatic carbocycles. The maximum atomic E-state index is 12.1. The molecule has 0 heterocycles. The van der Waals surface area contributed by atoms with Crippen molar-refractivity contribution in [2.75, 3.05) is 39.7 Å². The van der Waals surface area contributed by atoms with E-state index >= 15 is 0 Å². The van der Waals surface area contributed by atoms with Gasteiger partial charge in [0.15, 0.2) is 0 Å². The Balaban J connectivity index is 2.45. The van der Waals surface area contributed by atoms with E-state index in [1.807, 2.05) is 6.07 Å². The number of nitrogens with one attached hydrogen (secondary N) is 1. The van der Waals surface area contributed by atoms with E-state index in [9.17, 15) is 9.32 Å². The van der Waals surface area contributed by atoms with Crippen molar-refractivity contribution < 1.29 is 18.8 Å². The lowest BCUT2D eigenvalue weighted by molar-refractivity contribution is 0.174. The maximum absolute atomic E-state index is 12.1. The molecule has 0 saturated carbocycles. The van der Waals surface area contributed by atoms with Gasteiger partial charge in [-0.1, -0.05) is 12.1 Å². The molecule has 2 unspecified atom stereocenters. The van der Waals surface area contributed by atoms with Crippen LogP contribution in [0.2, 0.25) is 0 Å². The molecule has 1 aromatic carbocycles. The van der Waals surface area contributed by atoms with Crippen LogP contribution in [0.1, 0.15) is 0 Å². The molecule has 0 aliphatic rings. The third-order valence-electron chi connectivity index (χ3n) is 2.52. The van der Waals surface area contributed by atoms with Gasteiger partial charge < -0.3 is 19.9 Å². The number of methoxy groups -OCH3 is 2. The van der Waals surface area contributed by atoms with Crippen LogP contribution >= 0.6 is 0 Å². The Morgan fingerprint density at radius 2 is 2.11 bits per heavy atom. The standard InChI is InChI=1S/C13H21NO4S/c1-17-8-7-14-9-11(15)10-19(16)13-6-4-3-5-12(13)18-2/h3-6,11,14-15H,7-10H2,1-2H3. The molecular formula is C13H21NO4S. The van der Waals surface area contributed by atoms with Gasteiger partial charge in [-0.15, -0.1) is 0 Å². The molecule has 19 heavy (non-hydrogen) atoms. The van der Waals surface area contributed by atoms with Crippen molar-refractivity contribution in [3.63, 3.8) is 0 Å². The van der Waals surface area contributed by atoms with E-state index in [1.165, 1.54) is 0 Å². The fourth-order valence-corrected chi connectivity index (χ4v) is 2.83. The van der Waals surface area contributed by atoms with Gasteiger partial charge in [0.1, 0.15) is 5.75 Å². The second-order valence-corrected chi connectivity index (χ2v) is 5.48. The molecule has 1 rings (SSSR count). The van der Waals surface area contributed by atoms with Gasteiger partial charge >= 0.3 is 0 Å². The number of aliphatic hydroxyl groups excluding tert-OH is 1. The minimum atomic E-state index is -1.28. The first kappa shape index (κ1) is 16.1. The molecule has 0 radical (unpaired) electrons. The monoisotopic (exact) mass is 287 g/mol. The summed E-state index contributed by atoms with van der Waals surface area (Å²) in [6.07, 6.45) is -0.664. The summed E-state index contributed by atoms with van der Waals surface area (Å²) in [5.41, 5.74) is 0. The lowest BCUT2D eigenvalue weighted by Gasteiger charge is -2.13. The summed E-state index contributed by atoms with van der Waals surface area (Å²) < 4.78 is 22.2. The van der Waals surface area contributed by atoms with E-state index in [-0.39, 0.29) is 5.75 Å². The average molecular weight is 287 g/mol. The van der Waals surface area contributed by atoms with Crippen molar-refractivity contribution in [3.05, 3.63) is 24.3 Å². The van der Waals surface area contributed by atoms with Gasteiger partial charge in [0, 0.05) is 20.2 Å². The molecule has 0 fully saturated rings. The van der Waals surface area contributed by atoms with Crippen LogP contribution in [-0.2, 0) is 15.5 Å². The molecule has 108 valence electrons. The second kappa shape index (κ2) is 9.03. The highest BCUT2D eigenvalue weighted by atomic mass is 32.2. The summed E-state index contributed by atoms with van der Waals surface area (Å²) in [6, 6.07) is 7.14. The summed E-state index contributed by atoms with van der Waals surface area (Å²) in [6.45, 7) is 1.64. The van der Waals surface area contributed by atoms with Crippen LogP contribution in [0.4, 0.5) is 0 Å². The molecule has 6 heteroatoms. The lowest BCUT2D eigenvalue weighted by atomic mass is 10.3. The molecular weight excluding hydrogens is 266 g/mol. The van der Waals surface area contributed by atoms with E-state index < -0.39 is 16.9 Å². The first-order valence-corrected chi connectivity index (χ1v) is 7.40. The fourth-order valence-electron chi connectivity index (χ4n) is 1.57. The van der Waals surface area contributed by atoms with Gasteiger partial charge in [-0.05, 0) is 12.1 Å². The van der Waals surface area contributed by atoms with Gasteiger partial charge in [0.2, 0.25) is 0 Å². The third kappa shape index (κ3) is 5.69. The number of ether oxygens (including phenoxy) is 2. The third-order valence-corrected chi connectivity index (χ3v) is 4.04. The van der Waals surface area contributed by atoms with Gasteiger partial charge in [-0.25, -0.2) is 0 Å². The Morgan fingerprint density at radius 3 is 2.79 bits per heavy atom. The zero-order chi connectivity index (χ0) is 14.1. The maximum Gasteiger partial charge on any atom is 0.134 e. The Morgan fingerprint density at radius 1 is 1.37 bits per heavy atom. The molecule has 0 amide bonds. The predicted molar refractivity (Wildman–Crippen MR) is 75.0 cm³/mol. The zero-order valence-electron chi connectivity index (χ0n) is 11.3. The van der Waals surface area contributed by atoms with Crippen LogP contribution in [-0.4, -0.2) is 55.1 Å². The van der Waals surface area contributed by atoms with Crippen molar-refractivity contribution in [1.29, 1.82) is 0 Å². The Kier molecular flexibility index (Phi) is 7.66. The highest BCUT2D eigenvalue weighted by Crippen LogP contribution is 2.21. The van der Waals surface area contributed by atoms with Crippen molar-refractivity contribution in [3.8, 4) is 5.75 Å². The van der Waals surface area contributed by atoms with E-state index in [0.29, 0.717) is 30.3 Å². The first-order chi connectivity index (χ1) is 9.19. The molecule has 2 N–H and O–H groups in total. The van der Waals surface area contributed by atoms with E-state index in [1.54, 1.807) is 32.4 Å². The number of aliphatic hydroxyl groups is 1. The van der Waals surface area contributed by atoms with Crippen LogP contribution in [0.5, 0.6) is 5.75 Å². The van der Waals surface area contributed by atoms with E-state index in [4.69, 9.17) is 9.47 Å². The van der Waals surface area contributed by atoms with Crippen molar-refractivity contribution in [2.24, 2.45) is 0 Å². The molecule has 0 bridgehead atoms. The van der Waals surface area contributed by atoms with E-state index in [0.717, 1.165) is 0 Å². The number of hydrogen-bond acceptors (Lipinski definition) is 5. The smallest absolute Gasteiger partial charge is 0.134 e. The highest BCUT2D eigenvalue weighted by molar-refractivity contribution is 7.85. The number of hydrogen-bond donors (Lipinski definition) is 2. The lowest BCUT2D eigenvalue weighted by Crippen LogP contribution is -2.32. The van der Waals surface area contributed by atoms with Crippen molar-refractivity contribution >= 4 is 10.8 Å². The minimum Gasteiger partial charge on any atom is -0.495 e. The molecule has 0 spiro atoms. The minimum absolute atomic E-state index is 0.181. The Hall–Kier alpha value is -0.950. The number of rotatable bonds is 9. The van der Waals surface area contributed by atoms with Crippen LogP contribution in [0.3, 0.4) is 0 Å². The largest absolute Gasteiger partial charge is 0.495 e. The molecule has 0 aliphatic heterocycles. The van der Waals surface area contributed by atoms with Crippen molar-refractivity contribution in [2.45, 2.75) is 11.0 Å². The zero-order valence-corrected chi connectivity index (χ0v) is 12.1. The first-order valence-electron chi connectivity index (χ1n) is 6.08. The van der Waals surface area contributed by atoms with Gasteiger partial charge in [-0.2, -0.15) is 0 Å². The molecule has 0 aromatic heterocycles. The normalized spacial score (nSPS) is 14.1. The summed E-state index contributed by atoms with van der Waals surface area (Å²) in [4.78, 5) is 0.612. The summed E-state index contributed by atoms with van der Waals surface area (Å²) in [7, 11) is 1.88. The SMILES string of the molecule is COCCNCC(O)CS(=O)c1ccccc1OC. The van der Waals surface area contributed by atoms with Crippen LogP contribution < -0.4 is 10.1 Å². The second-order valence-electron chi connectivity index (χ2n) is 4.01. The predicted octanol–water partition coefficient (Wildman–Crippen LogP) is 0.400. The van der Waals surface area contributed by atoms with Crippen molar-refractivity contribution in [1.82, 2.24) is 5.32 Å². The summed E-state index contributed by atoms with van der Waals surface area (Å²) >= 11 is 0. The van der Waals surface area contributed by atoms with Gasteiger partial charge in [-0.3, -0.25) is 4.21 Å². The van der Waals surface area contributed by atoms with Crippen LogP contribution in [0, 0.1) is 0 Å². The number of para-hydroxylation sites is 1. The Bertz CT molecular complexity index is 400. The van der Waals surface area contributed by atoms with Crippen LogP contribution in [0.15, 0.2) is 29.2 Å². The van der Waals surface area contributed by atoms with Gasteiger partial charge in [0.05, 0.1) is 41.3 Å². The highest BCUT2D eigenvalue weighted by Gasteiger charge is 2.14. The average Bonchev–Trinajstić information content (AvgIpc) is 2.43. The summed E-state index contributed by atoms with van der Waals surface area (Å²) in [5.74, 6) is 0.765. The number of benzene rings is 1. The quantitative estimate of drug-likeness (QED) is 0.644. The van der Waals surface area contributed by atoms with Crippen LogP contribution in [0.25, 0.3) is 0 Å². The molecule has 0 saturated heterocycles. The van der Waals surface area contributed by atoms with Gasteiger partial charge in [0.25, 0.3) is 0 Å². The molecule has 2 atom stereocenters.